The van der Waals surface area contributed by atoms with Gasteiger partial charge in [-0.3, -0.25) is 0 Å². The third-order valence-corrected chi connectivity index (χ3v) is 4.81. The maximum Gasteiger partial charge on any atom is 0.336 e. The van der Waals surface area contributed by atoms with Gasteiger partial charge in [0.2, 0.25) is 6.79 Å². The molecular formula is C26H22O6. The second-order valence-electron chi connectivity index (χ2n) is 6.85. The van der Waals surface area contributed by atoms with Gasteiger partial charge < -0.3 is 23.7 Å². The molecule has 0 saturated carbocycles. The summed E-state index contributed by atoms with van der Waals surface area (Å²) < 4.78 is 26.9. The van der Waals surface area contributed by atoms with E-state index in [4.69, 9.17) is 23.7 Å². The van der Waals surface area contributed by atoms with Crippen LogP contribution in [-0.4, -0.2) is 27.0 Å². The van der Waals surface area contributed by atoms with Crippen molar-refractivity contribution in [1.82, 2.24) is 0 Å². The van der Waals surface area contributed by atoms with Crippen LogP contribution in [0.1, 0.15) is 16.7 Å². The molecule has 0 saturated heterocycles. The largest absolute Gasteiger partial charge is 0.497 e. The third-order valence-electron chi connectivity index (χ3n) is 4.81. The Morgan fingerprint density at radius 3 is 2.44 bits per heavy atom. The van der Waals surface area contributed by atoms with Crippen molar-refractivity contribution in [3.63, 3.8) is 0 Å². The fourth-order valence-electron chi connectivity index (χ4n) is 3.22. The Kier molecular flexibility index (Phi) is 6.41. The van der Waals surface area contributed by atoms with Gasteiger partial charge in [-0.2, -0.15) is 0 Å². The first-order valence-corrected chi connectivity index (χ1v) is 9.95. The van der Waals surface area contributed by atoms with Crippen LogP contribution in [0.3, 0.4) is 0 Å². The van der Waals surface area contributed by atoms with Gasteiger partial charge in [-0.1, -0.05) is 42.5 Å². The number of carbonyl (C=O) groups excluding carboxylic acids is 1. The maximum atomic E-state index is 12.4. The van der Waals surface area contributed by atoms with Gasteiger partial charge in [0.15, 0.2) is 11.5 Å². The van der Waals surface area contributed by atoms with E-state index >= 15 is 0 Å². The van der Waals surface area contributed by atoms with E-state index < -0.39 is 5.97 Å². The average Bonchev–Trinajstić information content (AvgIpc) is 3.29. The lowest BCUT2D eigenvalue weighted by Crippen LogP contribution is -2.04. The summed E-state index contributed by atoms with van der Waals surface area (Å²) in [6, 6.07) is 18.5. The minimum Gasteiger partial charge on any atom is -0.497 e. The van der Waals surface area contributed by atoms with Crippen molar-refractivity contribution >= 4 is 24.2 Å². The highest BCUT2D eigenvalue weighted by molar-refractivity contribution is 5.91. The SMILES string of the molecule is COc1cc(/C=C/c2ccccc2)c(/C=C/C(=O)Oc2ccc3c(c2)OCO3)c(OC)c1. The number of hydrogen-bond donors (Lipinski definition) is 0. The van der Waals surface area contributed by atoms with Crippen LogP contribution >= 0.6 is 0 Å². The molecule has 0 aromatic heterocycles. The first-order chi connectivity index (χ1) is 15.7. The Morgan fingerprint density at radius 2 is 1.66 bits per heavy atom. The molecule has 0 unspecified atom stereocenters. The van der Waals surface area contributed by atoms with Crippen LogP contribution in [0, 0.1) is 0 Å². The molecule has 0 fully saturated rings. The predicted octanol–water partition coefficient (Wildman–Crippen LogP) is 5.22. The molecule has 1 aliphatic rings. The molecule has 6 nitrogen and oxygen atoms in total. The molecule has 6 heteroatoms. The standard InChI is InChI=1S/C26H22O6/c1-28-21-14-19(9-8-18-6-4-3-5-7-18)22(24(16-21)29-2)11-13-26(27)32-20-10-12-23-25(15-20)31-17-30-23/h3-16H,17H2,1-2H3/b9-8+,13-11+. The van der Waals surface area contributed by atoms with E-state index in [1.165, 1.54) is 6.08 Å². The quantitative estimate of drug-likeness (QED) is 0.222. The summed E-state index contributed by atoms with van der Waals surface area (Å²) in [5.41, 5.74) is 2.60. The van der Waals surface area contributed by atoms with Crippen LogP contribution < -0.4 is 23.7 Å². The van der Waals surface area contributed by atoms with Crippen molar-refractivity contribution < 1.29 is 28.5 Å². The van der Waals surface area contributed by atoms with Gasteiger partial charge in [-0.15, -0.1) is 0 Å². The normalized spacial score (nSPS) is 12.3. The zero-order valence-corrected chi connectivity index (χ0v) is 17.7. The van der Waals surface area contributed by atoms with E-state index in [0.717, 1.165) is 16.7 Å². The summed E-state index contributed by atoms with van der Waals surface area (Å²) in [4.78, 5) is 12.4. The summed E-state index contributed by atoms with van der Waals surface area (Å²) in [6.45, 7) is 0.156. The lowest BCUT2D eigenvalue weighted by molar-refractivity contribution is -0.128. The topological polar surface area (TPSA) is 63.2 Å². The monoisotopic (exact) mass is 430 g/mol. The lowest BCUT2D eigenvalue weighted by Gasteiger charge is -2.11. The van der Waals surface area contributed by atoms with Gasteiger partial charge >= 0.3 is 5.97 Å². The van der Waals surface area contributed by atoms with E-state index in [9.17, 15) is 4.79 Å². The van der Waals surface area contributed by atoms with Gasteiger partial charge in [0.05, 0.1) is 14.2 Å². The second-order valence-corrected chi connectivity index (χ2v) is 6.85. The van der Waals surface area contributed by atoms with Gasteiger partial charge in [-0.05, 0) is 35.4 Å². The summed E-state index contributed by atoms with van der Waals surface area (Å²) in [5.74, 6) is 2.23. The Hall–Kier alpha value is -4.19. The van der Waals surface area contributed by atoms with Crippen molar-refractivity contribution in [3.8, 4) is 28.7 Å². The molecule has 162 valence electrons. The highest BCUT2D eigenvalue weighted by Crippen LogP contribution is 2.35. The average molecular weight is 430 g/mol. The van der Waals surface area contributed by atoms with Crippen molar-refractivity contribution in [2.75, 3.05) is 21.0 Å². The highest BCUT2D eigenvalue weighted by Gasteiger charge is 2.15. The summed E-state index contributed by atoms with van der Waals surface area (Å²) in [7, 11) is 3.17. The van der Waals surface area contributed by atoms with Crippen LogP contribution in [0.15, 0.2) is 66.7 Å². The Morgan fingerprint density at radius 1 is 0.844 bits per heavy atom. The molecule has 0 spiro atoms. The Labute approximate surface area is 186 Å². The molecule has 0 aliphatic carbocycles. The number of ether oxygens (including phenoxy) is 5. The molecule has 32 heavy (non-hydrogen) atoms. The van der Waals surface area contributed by atoms with Crippen LogP contribution in [0.5, 0.6) is 28.7 Å². The fourth-order valence-corrected chi connectivity index (χ4v) is 3.22. The van der Waals surface area contributed by atoms with Crippen LogP contribution in [-0.2, 0) is 4.79 Å². The van der Waals surface area contributed by atoms with E-state index in [1.807, 2.05) is 48.6 Å². The molecule has 1 heterocycles. The van der Waals surface area contributed by atoms with Crippen molar-refractivity contribution in [1.29, 1.82) is 0 Å². The first kappa shape index (κ1) is 21.1. The maximum absolute atomic E-state index is 12.4. The minimum absolute atomic E-state index is 0.156. The summed E-state index contributed by atoms with van der Waals surface area (Å²) >= 11 is 0. The molecule has 0 amide bonds. The molecule has 4 rings (SSSR count). The molecule has 1 aliphatic heterocycles. The first-order valence-electron chi connectivity index (χ1n) is 9.95. The lowest BCUT2D eigenvalue weighted by atomic mass is 10.0. The molecule has 3 aromatic carbocycles. The van der Waals surface area contributed by atoms with Crippen molar-refractivity contribution in [2.24, 2.45) is 0 Å². The third kappa shape index (κ3) is 4.92. The summed E-state index contributed by atoms with van der Waals surface area (Å²) in [6.07, 6.45) is 6.95. The van der Waals surface area contributed by atoms with E-state index in [0.29, 0.717) is 28.7 Å². The number of hydrogen-bond acceptors (Lipinski definition) is 6. The number of esters is 1. The Balaban J connectivity index is 1.59. The van der Waals surface area contributed by atoms with Crippen LogP contribution in [0.25, 0.3) is 18.2 Å². The second kappa shape index (κ2) is 9.75. The van der Waals surface area contributed by atoms with Gasteiger partial charge in [0, 0.05) is 23.8 Å². The molecule has 0 radical (unpaired) electrons. The van der Waals surface area contributed by atoms with Crippen molar-refractivity contribution in [3.05, 3.63) is 83.4 Å². The van der Waals surface area contributed by atoms with E-state index in [2.05, 4.69) is 0 Å². The van der Waals surface area contributed by atoms with Crippen molar-refractivity contribution in [2.45, 2.75) is 0 Å². The minimum atomic E-state index is -0.528. The Bertz CT molecular complexity index is 1160. The molecule has 0 N–H and O–H groups in total. The molecule has 3 aromatic rings. The number of rotatable bonds is 7. The van der Waals surface area contributed by atoms with Gasteiger partial charge in [-0.25, -0.2) is 4.79 Å². The molecule has 0 bridgehead atoms. The fraction of sp³-hybridized carbons (Fsp3) is 0.115. The van der Waals surface area contributed by atoms with Crippen LogP contribution in [0.2, 0.25) is 0 Å². The van der Waals surface area contributed by atoms with Gasteiger partial charge in [0.25, 0.3) is 0 Å². The molecular weight excluding hydrogens is 408 g/mol. The predicted molar refractivity (Wildman–Crippen MR) is 122 cm³/mol. The number of fused-ring (bicyclic) bond motifs is 1. The van der Waals surface area contributed by atoms with E-state index in [-0.39, 0.29) is 6.79 Å². The van der Waals surface area contributed by atoms with Crippen LogP contribution in [0.4, 0.5) is 0 Å². The van der Waals surface area contributed by atoms with E-state index in [1.54, 1.807) is 44.6 Å². The smallest absolute Gasteiger partial charge is 0.336 e. The number of benzene rings is 3. The highest BCUT2D eigenvalue weighted by atomic mass is 16.7. The zero-order chi connectivity index (χ0) is 22.3. The molecule has 0 atom stereocenters. The number of methoxy groups -OCH3 is 2. The summed E-state index contributed by atoms with van der Waals surface area (Å²) in [5, 5.41) is 0. The number of carbonyl (C=O) groups is 1. The zero-order valence-electron chi connectivity index (χ0n) is 17.7. The van der Waals surface area contributed by atoms with Gasteiger partial charge in [0.1, 0.15) is 17.2 Å².